The molecule has 6 N–H and O–H groups in total. The maximum atomic E-state index is 12.4. The normalized spacial score (nSPS) is 12.4. The van der Waals surface area contributed by atoms with Gasteiger partial charge in [-0.1, -0.05) is 44.0 Å². The molecule has 6 nitrogen and oxygen atoms in total. The summed E-state index contributed by atoms with van der Waals surface area (Å²) in [7, 11) is 0. The molecule has 0 aliphatic rings. The van der Waals surface area contributed by atoms with Crippen LogP contribution >= 0.6 is 0 Å². The first-order valence-corrected chi connectivity index (χ1v) is 10.4. The fourth-order valence-corrected chi connectivity index (χ4v) is 4.00. The van der Waals surface area contributed by atoms with Crippen molar-refractivity contribution >= 4 is 23.3 Å². The number of benzene rings is 2. The Labute approximate surface area is 177 Å². The number of carboxylic acids is 2. The van der Waals surface area contributed by atoms with E-state index >= 15 is 0 Å². The zero-order chi connectivity index (χ0) is 22.1. The standard InChI is InChI=1S/C24H32N2O4/c1-2-3-4-19(10-5-17-6-11-20(25)12-7-17)24(22(27)28,23(29)30)16-15-18-8-13-21(26)14-9-18/h6-9,11-14,19H,2-5,10,15-16,25-26H2,1H3,(H,27,28)(H,29,30). The Kier molecular flexibility index (Phi) is 8.27. The van der Waals surface area contributed by atoms with Gasteiger partial charge in [0, 0.05) is 11.4 Å². The van der Waals surface area contributed by atoms with Crippen molar-refractivity contribution in [2.45, 2.75) is 51.9 Å². The number of nitrogen functional groups attached to an aromatic ring is 2. The first-order chi connectivity index (χ1) is 14.3. The third-order valence-corrected chi connectivity index (χ3v) is 5.92. The van der Waals surface area contributed by atoms with Gasteiger partial charge >= 0.3 is 11.9 Å². The second-order valence-electron chi connectivity index (χ2n) is 7.94. The maximum Gasteiger partial charge on any atom is 0.321 e. The van der Waals surface area contributed by atoms with E-state index in [4.69, 9.17) is 11.5 Å². The molecule has 0 radical (unpaired) electrons. The van der Waals surface area contributed by atoms with Crippen molar-refractivity contribution < 1.29 is 19.8 Å². The van der Waals surface area contributed by atoms with Crippen LogP contribution in [0.5, 0.6) is 0 Å². The van der Waals surface area contributed by atoms with Crippen LogP contribution in [0.15, 0.2) is 48.5 Å². The molecule has 0 aromatic heterocycles. The van der Waals surface area contributed by atoms with E-state index in [0.717, 1.165) is 24.0 Å². The molecule has 0 spiro atoms. The molecule has 0 bridgehead atoms. The van der Waals surface area contributed by atoms with E-state index in [0.29, 0.717) is 37.1 Å². The zero-order valence-electron chi connectivity index (χ0n) is 17.5. The average Bonchev–Trinajstić information content (AvgIpc) is 2.71. The van der Waals surface area contributed by atoms with Crippen molar-refractivity contribution in [2.24, 2.45) is 11.3 Å². The van der Waals surface area contributed by atoms with Gasteiger partial charge in [0.25, 0.3) is 0 Å². The summed E-state index contributed by atoms with van der Waals surface area (Å²) >= 11 is 0. The lowest BCUT2D eigenvalue weighted by molar-refractivity contribution is -0.170. The average molecular weight is 413 g/mol. The zero-order valence-corrected chi connectivity index (χ0v) is 17.5. The lowest BCUT2D eigenvalue weighted by Gasteiger charge is -2.34. The van der Waals surface area contributed by atoms with Gasteiger partial charge < -0.3 is 21.7 Å². The number of hydrogen-bond acceptors (Lipinski definition) is 4. The van der Waals surface area contributed by atoms with E-state index < -0.39 is 23.3 Å². The second-order valence-corrected chi connectivity index (χ2v) is 7.94. The van der Waals surface area contributed by atoms with E-state index in [1.54, 1.807) is 24.3 Å². The van der Waals surface area contributed by atoms with Gasteiger partial charge in [0.05, 0.1) is 0 Å². The Bertz CT molecular complexity index is 817. The number of unbranched alkanes of at least 4 members (excludes halogenated alkanes) is 1. The van der Waals surface area contributed by atoms with Crippen LogP contribution in [-0.2, 0) is 22.4 Å². The van der Waals surface area contributed by atoms with Crippen LogP contribution in [0.1, 0.15) is 50.2 Å². The summed E-state index contributed by atoms with van der Waals surface area (Å²) in [5, 5.41) is 20.2. The number of carbonyl (C=O) groups is 2. The molecule has 162 valence electrons. The molecule has 0 saturated heterocycles. The van der Waals surface area contributed by atoms with Crippen molar-refractivity contribution in [2.75, 3.05) is 11.5 Å². The van der Waals surface area contributed by atoms with Gasteiger partial charge in [0.2, 0.25) is 0 Å². The summed E-state index contributed by atoms with van der Waals surface area (Å²) < 4.78 is 0. The molecule has 0 amide bonds. The van der Waals surface area contributed by atoms with Gasteiger partial charge in [-0.2, -0.15) is 0 Å². The minimum absolute atomic E-state index is 0.0394. The predicted octanol–water partition coefficient (Wildman–Crippen LogP) is 4.38. The van der Waals surface area contributed by atoms with Gasteiger partial charge in [-0.15, -0.1) is 0 Å². The molecular formula is C24H32N2O4. The quantitative estimate of drug-likeness (QED) is 0.303. The van der Waals surface area contributed by atoms with Gasteiger partial charge in [-0.3, -0.25) is 9.59 Å². The number of rotatable bonds is 12. The highest BCUT2D eigenvalue weighted by atomic mass is 16.4. The van der Waals surface area contributed by atoms with Gasteiger partial charge in [-0.25, -0.2) is 0 Å². The van der Waals surface area contributed by atoms with Crippen LogP contribution in [-0.4, -0.2) is 22.2 Å². The third-order valence-electron chi connectivity index (χ3n) is 5.92. The number of anilines is 2. The number of nitrogens with two attached hydrogens (primary N) is 2. The van der Waals surface area contributed by atoms with Crippen molar-refractivity contribution in [1.82, 2.24) is 0 Å². The smallest absolute Gasteiger partial charge is 0.321 e. The molecule has 0 fully saturated rings. The number of aryl methyl sites for hydroxylation is 2. The molecule has 6 heteroatoms. The van der Waals surface area contributed by atoms with Crippen molar-refractivity contribution in [3.8, 4) is 0 Å². The lowest BCUT2D eigenvalue weighted by Crippen LogP contribution is -2.46. The molecule has 2 aromatic rings. The molecule has 0 heterocycles. The molecule has 1 atom stereocenters. The highest BCUT2D eigenvalue weighted by Crippen LogP contribution is 2.40. The monoisotopic (exact) mass is 412 g/mol. The minimum Gasteiger partial charge on any atom is -0.480 e. The topological polar surface area (TPSA) is 127 Å². The highest BCUT2D eigenvalue weighted by molar-refractivity contribution is 5.98. The fraction of sp³-hybridized carbons (Fsp3) is 0.417. The van der Waals surface area contributed by atoms with Gasteiger partial charge in [-0.05, 0) is 73.4 Å². The maximum absolute atomic E-state index is 12.4. The summed E-state index contributed by atoms with van der Waals surface area (Å²) in [6.07, 6.45) is 3.73. The molecule has 0 aliphatic heterocycles. The van der Waals surface area contributed by atoms with Crippen LogP contribution in [0.4, 0.5) is 11.4 Å². The molecule has 0 saturated carbocycles. The Hall–Kier alpha value is -3.02. The molecule has 30 heavy (non-hydrogen) atoms. The predicted molar refractivity (Wildman–Crippen MR) is 119 cm³/mol. The van der Waals surface area contributed by atoms with Crippen LogP contribution in [0.25, 0.3) is 0 Å². The second kappa shape index (κ2) is 10.7. The van der Waals surface area contributed by atoms with E-state index in [9.17, 15) is 19.8 Å². The van der Waals surface area contributed by atoms with Gasteiger partial charge in [0.15, 0.2) is 5.41 Å². The summed E-state index contributed by atoms with van der Waals surface area (Å²) in [5.41, 5.74) is 12.8. The molecule has 1 unspecified atom stereocenters. The molecule has 2 rings (SSSR count). The van der Waals surface area contributed by atoms with Crippen molar-refractivity contribution in [1.29, 1.82) is 0 Å². The van der Waals surface area contributed by atoms with Crippen molar-refractivity contribution in [3.63, 3.8) is 0 Å². The molecule has 0 aliphatic carbocycles. The number of carboxylic acid groups (broad SMARTS) is 2. The van der Waals surface area contributed by atoms with E-state index in [-0.39, 0.29) is 6.42 Å². The van der Waals surface area contributed by atoms with Gasteiger partial charge in [0.1, 0.15) is 0 Å². The first-order valence-electron chi connectivity index (χ1n) is 10.4. The SMILES string of the molecule is CCCCC(CCc1ccc(N)cc1)C(CCc1ccc(N)cc1)(C(=O)O)C(=O)O. The third kappa shape index (κ3) is 5.75. The van der Waals surface area contributed by atoms with Crippen LogP contribution in [0.3, 0.4) is 0 Å². The summed E-state index contributed by atoms with van der Waals surface area (Å²) in [4.78, 5) is 24.8. The Morgan fingerprint density at radius 1 is 0.833 bits per heavy atom. The Morgan fingerprint density at radius 3 is 1.73 bits per heavy atom. The largest absolute Gasteiger partial charge is 0.480 e. The van der Waals surface area contributed by atoms with E-state index in [2.05, 4.69) is 0 Å². The molecular weight excluding hydrogens is 380 g/mol. The first kappa shape index (κ1) is 23.3. The summed E-state index contributed by atoms with van der Waals surface area (Å²) in [5.74, 6) is -2.99. The Morgan fingerprint density at radius 2 is 1.30 bits per heavy atom. The van der Waals surface area contributed by atoms with Crippen LogP contribution in [0, 0.1) is 11.3 Å². The van der Waals surface area contributed by atoms with E-state index in [1.165, 1.54) is 0 Å². The Balaban J connectivity index is 2.28. The summed E-state index contributed by atoms with van der Waals surface area (Å²) in [6.45, 7) is 2.02. The lowest BCUT2D eigenvalue weighted by atomic mass is 9.67. The number of aliphatic carboxylic acids is 2. The van der Waals surface area contributed by atoms with E-state index in [1.807, 2.05) is 31.2 Å². The minimum atomic E-state index is -1.83. The summed E-state index contributed by atoms with van der Waals surface area (Å²) in [6, 6.07) is 14.5. The van der Waals surface area contributed by atoms with Crippen LogP contribution in [0.2, 0.25) is 0 Å². The van der Waals surface area contributed by atoms with Crippen molar-refractivity contribution in [3.05, 3.63) is 59.7 Å². The van der Waals surface area contributed by atoms with Crippen LogP contribution < -0.4 is 11.5 Å². The molecule has 2 aromatic carbocycles. The number of hydrogen-bond donors (Lipinski definition) is 4. The fourth-order valence-electron chi connectivity index (χ4n) is 4.00. The highest BCUT2D eigenvalue weighted by Gasteiger charge is 2.51.